The summed E-state index contributed by atoms with van der Waals surface area (Å²) in [4.78, 5) is 7.77. The lowest BCUT2D eigenvalue weighted by molar-refractivity contribution is 0.0923. The maximum Gasteiger partial charge on any atom is 0.0768 e. The van der Waals surface area contributed by atoms with E-state index in [0.717, 1.165) is 32.1 Å². The SMILES string of the molecule is CN1CCC[C@H](CN2CCN(Cc3cc4n(n3)CCCNC4)CC2)C1. The molecule has 0 bridgehead atoms. The van der Waals surface area contributed by atoms with Crippen LogP contribution >= 0.6 is 0 Å². The number of piperidine rings is 1. The van der Waals surface area contributed by atoms with Crippen LogP contribution in [0.1, 0.15) is 30.7 Å². The quantitative estimate of drug-likeness (QED) is 0.875. The summed E-state index contributed by atoms with van der Waals surface area (Å²) >= 11 is 0. The van der Waals surface area contributed by atoms with Gasteiger partial charge in [0, 0.05) is 58.9 Å². The zero-order valence-electron chi connectivity index (χ0n) is 15.8. The predicted octanol–water partition coefficient (Wildman–Crippen LogP) is 0.836. The van der Waals surface area contributed by atoms with Gasteiger partial charge in [-0.15, -0.1) is 0 Å². The molecule has 25 heavy (non-hydrogen) atoms. The molecule has 140 valence electrons. The molecule has 2 fully saturated rings. The highest BCUT2D eigenvalue weighted by molar-refractivity contribution is 5.11. The Balaban J connectivity index is 1.23. The fraction of sp³-hybridized carbons (Fsp3) is 0.842. The number of nitrogens with zero attached hydrogens (tertiary/aromatic N) is 5. The second kappa shape index (κ2) is 8.16. The van der Waals surface area contributed by atoms with Crippen LogP contribution in [0.15, 0.2) is 6.07 Å². The van der Waals surface area contributed by atoms with Crippen LogP contribution in [0, 0.1) is 5.92 Å². The largest absolute Gasteiger partial charge is 0.311 e. The topological polar surface area (TPSA) is 39.6 Å². The molecule has 0 saturated carbocycles. The Morgan fingerprint density at radius 1 is 1.08 bits per heavy atom. The van der Waals surface area contributed by atoms with E-state index >= 15 is 0 Å². The van der Waals surface area contributed by atoms with Gasteiger partial charge in [0.2, 0.25) is 0 Å². The average molecular weight is 347 g/mol. The second-order valence-electron chi connectivity index (χ2n) is 8.23. The molecule has 4 rings (SSSR count). The van der Waals surface area contributed by atoms with Crippen molar-refractivity contribution in [2.45, 2.75) is 38.9 Å². The lowest BCUT2D eigenvalue weighted by Crippen LogP contribution is -2.49. The molecule has 3 aliphatic rings. The number of hydrogen-bond acceptors (Lipinski definition) is 5. The standard InChI is InChI=1S/C19H34N6/c1-22-6-2-4-17(14-22)15-23-8-10-24(11-9-23)16-18-12-19-13-20-5-3-7-25(19)21-18/h12,17,20H,2-11,13-16H2,1H3/t17-/m0/s1. The van der Waals surface area contributed by atoms with Gasteiger partial charge in [0.05, 0.1) is 11.4 Å². The van der Waals surface area contributed by atoms with Crippen molar-refractivity contribution in [2.24, 2.45) is 5.92 Å². The predicted molar refractivity (Wildman–Crippen MR) is 100 cm³/mol. The lowest BCUT2D eigenvalue weighted by atomic mass is 9.97. The van der Waals surface area contributed by atoms with Gasteiger partial charge in [-0.05, 0) is 51.4 Å². The third-order valence-corrected chi connectivity index (χ3v) is 6.03. The number of rotatable bonds is 4. The number of aromatic nitrogens is 2. The van der Waals surface area contributed by atoms with Crippen LogP contribution in [0.25, 0.3) is 0 Å². The van der Waals surface area contributed by atoms with Gasteiger partial charge in [-0.1, -0.05) is 0 Å². The molecule has 3 aliphatic heterocycles. The van der Waals surface area contributed by atoms with Crippen LogP contribution < -0.4 is 5.32 Å². The van der Waals surface area contributed by atoms with Gasteiger partial charge < -0.3 is 15.1 Å². The summed E-state index contributed by atoms with van der Waals surface area (Å²) in [5.74, 6) is 0.876. The molecule has 4 heterocycles. The molecule has 1 aromatic rings. The number of nitrogens with one attached hydrogen (secondary N) is 1. The molecular weight excluding hydrogens is 312 g/mol. The third-order valence-electron chi connectivity index (χ3n) is 6.03. The van der Waals surface area contributed by atoms with E-state index in [1.807, 2.05) is 0 Å². The van der Waals surface area contributed by atoms with Gasteiger partial charge in [0.1, 0.15) is 0 Å². The Morgan fingerprint density at radius 3 is 2.76 bits per heavy atom. The Hall–Kier alpha value is -0.950. The summed E-state index contributed by atoms with van der Waals surface area (Å²) in [6, 6.07) is 2.31. The number of aryl methyl sites for hydroxylation is 1. The van der Waals surface area contributed by atoms with Crippen LogP contribution in [0.2, 0.25) is 0 Å². The van der Waals surface area contributed by atoms with Crippen molar-refractivity contribution in [1.82, 2.24) is 29.8 Å². The van der Waals surface area contributed by atoms with Crippen LogP contribution in [0.5, 0.6) is 0 Å². The zero-order chi connectivity index (χ0) is 17.1. The van der Waals surface area contributed by atoms with E-state index < -0.39 is 0 Å². The minimum absolute atomic E-state index is 0.876. The molecule has 0 aromatic carbocycles. The van der Waals surface area contributed by atoms with Crippen LogP contribution in [-0.2, 0) is 19.6 Å². The smallest absolute Gasteiger partial charge is 0.0768 e. The monoisotopic (exact) mass is 346 g/mol. The zero-order valence-corrected chi connectivity index (χ0v) is 15.8. The van der Waals surface area contributed by atoms with E-state index in [9.17, 15) is 0 Å². The van der Waals surface area contributed by atoms with Crippen LogP contribution in [-0.4, -0.2) is 83.9 Å². The first-order chi connectivity index (χ1) is 12.3. The van der Waals surface area contributed by atoms with Gasteiger partial charge in [-0.2, -0.15) is 5.10 Å². The molecule has 0 spiro atoms. The molecule has 2 saturated heterocycles. The maximum atomic E-state index is 4.84. The highest BCUT2D eigenvalue weighted by Crippen LogP contribution is 2.18. The van der Waals surface area contributed by atoms with Crippen molar-refractivity contribution in [3.63, 3.8) is 0 Å². The molecule has 0 unspecified atom stereocenters. The Bertz CT molecular complexity index is 525. The molecule has 1 aromatic heterocycles. The Kier molecular flexibility index (Phi) is 5.70. The summed E-state index contributed by atoms with van der Waals surface area (Å²) in [7, 11) is 2.27. The van der Waals surface area contributed by atoms with Gasteiger partial charge >= 0.3 is 0 Å². The average Bonchev–Trinajstić information content (AvgIpc) is 2.85. The van der Waals surface area contributed by atoms with Crippen molar-refractivity contribution < 1.29 is 0 Å². The minimum Gasteiger partial charge on any atom is -0.311 e. The number of likely N-dealkylation sites (tertiary alicyclic amines) is 1. The molecule has 0 amide bonds. The van der Waals surface area contributed by atoms with E-state index in [2.05, 4.69) is 37.8 Å². The van der Waals surface area contributed by atoms with Crippen molar-refractivity contribution >= 4 is 0 Å². The molecular formula is C19H34N6. The highest BCUT2D eigenvalue weighted by atomic mass is 15.3. The second-order valence-corrected chi connectivity index (χ2v) is 8.23. The first-order valence-corrected chi connectivity index (χ1v) is 10.2. The molecule has 0 radical (unpaired) electrons. The first kappa shape index (κ1) is 17.5. The summed E-state index contributed by atoms with van der Waals surface area (Å²) < 4.78 is 2.21. The molecule has 6 nitrogen and oxygen atoms in total. The van der Waals surface area contributed by atoms with Crippen LogP contribution in [0.3, 0.4) is 0 Å². The summed E-state index contributed by atoms with van der Waals surface area (Å²) in [5.41, 5.74) is 2.61. The van der Waals surface area contributed by atoms with Gasteiger partial charge in [-0.25, -0.2) is 0 Å². The fourth-order valence-corrected chi connectivity index (χ4v) is 4.64. The van der Waals surface area contributed by atoms with Crippen molar-refractivity contribution in [3.05, 3.63) is 17.5 Å². The first-order valence-electron chi connectivity index (χ1n) is 10.2. The molecule has 6 heteroatoms. The van der Waals surface area contributed by atoms with Crippen LogP contribution in [0.4, 0.5) is 0 Å². The number of fused-ring (bicyclic) bond motifs is 1. The van der Waals surface area contributed by atoms with E-state index in [4.69, 9.17) is 5.10 Å². The molecule has 1 atom stereocenters. The summed E-state index contributed by atoms with van der Waals surface area (Å²) in [5, 5.41) is 8.33. The normalized spacial score (nSPS) is 27.2. The minimum atomic E-state index is 0.876. The third kappa shape index (κ3) is 4.61. The van der Waals surface area contributed by atoms with E-state index in [1.54, 1.807) is 0 Å². The van der Waals surface area contributed by atoms with Crippen molar-refractivity contribution in [3.8, 4) is 0 Å². The van der Waals surface area contributed by atoms with E-state index in [-0.39, 0.29) is 0 Å². The van der Waals surface area contributed by atoms with Gasteiger partial charge in [-0.3, -0.25) is 9.58 Å². The highest BCUT2D eigenvalue weighted by Gasteiger charge is 2.23. The summed E-state index contributed by atoms with van der Waals surface area (Å²) in [6.45, 7) is 12.8. The maximum absolute atomic E-state index is 4.84. The summed E-state index contributed by atoms with van der Waals surface area (Å²) in [6.07, 6.45) is 3.98. The Morgan fingerprint density at radius 2 is 1.92 bits per heavy atom. The van der Waals surface area contributed by atoms with E-state index in [0.29, 0.717) is 0 Å². The van der Waals surface area contributed by atoms with Crippen molar-refractivity contribution in [1.29, 1.82) is 0 Å². The Labute approximate surface area is 152 Å². The lowest BCUT2D eigenvalue weighted by Gasteiger charge is -2.38. The number of hydrogen-bond donors (Lipinski definition) is 1. The fourth-order valence-electron chi connectivity index (χ4n) is 4.64. The van der Waals surface area contributed by atoms with Gasteiger partial charge in [0.15, 0.2) is 0 Å². The van der Waals surface area contributed by atoms with Gasteiger partial charge in [0.25, 0.3) is 0 Å². The molecule has 0 aliphatic carbocycles. The van der Waals surface area contributed by atoms with E-state index in [1.165, 1.54) is 76.5 Å². The van der Waals surface area contributed by atoms with Crippen molar-refractivity contribution in [2.75, 3.05) is 59.4 Å². The molecule has 1 N–H and O–H groups in total. The number of piperazine rings is 1.